The Morgan fingerprint density at radius 2 is 1.37 bits per heavy atom. The maximum absolute atomic E-state index is 8.73. The number of hydrogen-bond donors (Lipinski definition) is 1. The summed E-state index contributed by atoms with van der Waals surface area (Å²) in [6, 6.07) is 8.71. The number of halogens is 2. The largest absolute Gasteiger partial charge is 0.374 e. The van der Waals surface area contributed by atoms with Crippen LogP contribution in [0, 0.1) is 6.92 Å². The van der Waals surface area contributed by atoms with Gasteiger partial charge in [-0.1, -0.05) is 57.5 Å². The SMILES string of the molecule is CCP(O)CC.Cc1ccc(C(C)C)cc1.Cl.Cl.[Ru]. The molecule has 0 spiro atoms. The average Bonchev–Trinajstić information content (AvgIpc) is 2.29. The van der Waals surface area contributed by atoms with Gasteiger partial charge in [0.1, 0.15) is 0 Å². The van der Waals surface area contributed by atoms with E-state index >= 15 is 0 Å². The number of hydrogen-bond acceptors (Lipinski definition) is 1. The second-order valence-electron chi connectivity index (χ2n) is 4.20. The fraction of sp³-hybridized carbons (Fsp3) is 0.571. The molecule has 0 amide bonds. The van der Waals surface area contributed by atoms with Gasteiger partial charge >= 0.3 is 0 Å². The van der Waals surface area contributed by atoms with Crippen molar-refractivity contribution in [1.29, 1.82) is 0 Å². The first-order valence-corrected chi connectivity index (χ1v) is 7.68. The van der Waals surface area contributed by atoms with Crippen molar-refractivity contribution in [1.82, 2.24) is 0 Å². The van der Waals surface area contributed by atoms with E-state index in [1.807, 2.05) is 13.8 Å². The summed E-state index contributed by atoms with van der Waals surface area (Å²) in [6.07, 6.45) is 1.90. The first-order valence-electron chi connectivity index (χ1n) is 6.01. The van der Waals surface area contributed by atoms with Crippen LogP contribution in [0.25, 0.3) is 0 Å². The van der Waals surface area contributed by atoms with E-state index in [0.29, 0.717) is 5.92 Å². The molecule has 1 nitrogen and oxygen atoms in total. The van der Waals surface area contributed by atoms with Crippen molar-refractivity contribution >= 4 is 33.0 Å². The van der Waals surface area contributed by atoms with Gasteiger partial charge in [0.15, 0.2) is 0 Å². The third-order valence-electron chi connectivity index (χ3n) is 2.47. The van der Waals surface area contributed by atoms with Gasteiger partial charge in [-0.15, -0.1) is 24.8 Å². The molecule has 0 fully saturated rings. The summed E-state index contributed by atoms with van der Waals surface area (Å²) in [7, 11) is -0.576. The van der Waals surface area contributed by atoms with Gasteiger partial charge in [0.25, 0.3) is 0 Å². The van der Waals surface area contributed by atoms with Gasteiger partial charge in [-0.25, -0.2) is 0 Å². The average molecular weight is 414 g/mol. The van der Waals surface area contributed by atoms with Crippen LogP contribution < -0.4 is 0 Å². The number of benzene rings is 1. The van der Waals surface area contributed by atoms with Crippen LogP contribution >= 0.6 is 33.0 Å². The molecule has 0 atom stereocenters. The minimum absolute atomic E-state index is 0. The zero-order valence-corrected chi connectivity index (χ0v) is 16.6. The Labute approximate surface area is 145 Å². The molecule has 1 N–H and O–H groups in total. The van der Waals surface area contributed by atoms with E-state index in [2.05, 4.69) is 45.0 Å². The molecular weight excluding hydrogens is 387 g/mol. The maximum atomic E-state index is 8.73. The first kappa shape index (κ1) is 28.0. The van der Waals surface area contributed by atoms with Crippen LogP contribution in [-0.4, -0.2) is 17.2 Å². The molecule has 0 heterocycles. The molecule has 116 valence electrons. The normalized spacial score (nSPS) is 8.63. The van der Waals surface area contributed by atoms with Crippen LogP contribution in [-0.2, 0) is 19.5 Å². The topological polar surface area (TPSA) is 20.2 Å². The van der Waals surface area contributed by atoms with Gasteiger partial charge in [-0.3, -0.25) is 0 Å². The van der Waals surface area contributed by atoms with Crippen molar-refractivity contribution in [3.63, 3.8) is 0 Å². The van der Waals surface area contributed by atoms with Crippen molar-refractivity contribution < 1.29 is 24.4 Å². The molecule has 1 rings (SSSR count). The second-order valence-corrected chi connectivity index (χ2v) is 6.48. The maximum Gasteiger partial charge on any atom is 0.0245 e. The third-order valence-corrected chi connectivity index (χ3v) is 3.93. The van der Waals surface area contributed by atoms with E-state index in [4.69, 9.17) is 4.89 Å². The molecule has 1 aromatic rings. The number of aryl methyl sites for hydroxylation is 1. The predicted octanol–water partition coefficient (Wildman–Crippen LogP) is 5.37. The van der Waals surface area contributed by atoms with E-state index in [1.165, 1.54) is 11.1 Å². The Bertz CT molecular complexity index is 277. The molecule has 0 saturated heterocycles. The summed E-state index contributed by atoms with van der Waals surface area (Å²) in [5, 5.41) is 0. The van der Waals surface area contributed by atoms with Gasteiger partial charge in [0, 0.05) is 27.6 Å². The van der Waals surface area contributed by atoms with Crippen molar-refractivity contribution in [3.8, 4) is 0 Å². The Morgan fingerprint density at radius 3 is 1.58 bits per heavy atom. The monoisotopic (exact) mass is 414 g/mol. The van der Waals surface area contributed by atoms with Crippen molar-refractivity contribution in [2.24, 2.45) is 0 Å². The summed E-state index contributed by atoms with van der Waals surface area (Å²) in [4.78, 5) is 8.73. The van der Waals surface area contributed by atoms with Crippen molar-refractivity contribution in [2.45, 2.75) is 40.5 Å². The fourth-order valence-corrected chi connectivity index (χ4v) is 1.62. The molecule has 1 aromatic carbocycles. The number of rotatable bonds is 3. The molecule has 0 saturated carbocycles. The van der Waals surface area contributed by atoms with E-state index in [9.17, 15) is 0 Å². The molecule has 5 heteroatoms. The Morgan fingerprint density at radius 1 is 1.00 bits per heavy atom. The summed E-state index contributed by atoms with van der Waals surface area (Å²) >= 11 is 0. The molecule has 0 radical (unpaired) electrons. The molecular formula is C14H27Cl2OPRu. The van der Waals surface area contributed by atoms with E-state index in [-0.39, 0.29) is 44.3 Å². The molecule has 0 aromatic heterocycles. The minimum atomic E-state index is -0.576. The zero-order valence-electron chi connectivity index (χ0n) is 12.4. The first-order chi connectivity index (χ1) is 7.51. The summed E-state index contributed by atoms with van der Waals surface area (Å²) in [6.45, 7) is 10.6. The van der Waals surface area contributed by atoms with Crippen LogP contribution in [0.3, 0.4) is 0 Å². The Hall–Kier alpha value is 0.813. The smallest absolute Gasteiger partial charge is 0.0245 e. The van der Waals surface area contributed by atoms with Crippen LogP contribution in [0.2, 0.25) is 0 Å². The second kappa shape index (κ2) is 16.9. The van der Waals surface area contributed by atoms with Gasteiger partial charge in [-0.2, -0.15) is 0 Å². The van der Waals surface area contributed by atoms with Crippen LogP contribution in [0.15, 0.2) is 24.3 Å². The summed E-state index contributed by atoms with van der Waals surface area (Å²) in [5.74, 6) is 0.653. The molecule has 0 aliphatic rings. The van der Waals surface area contributed by atoms with Crippen molar-refractivity contribution in [2.75, 3.05) is 12.3 Å². The van der Waals surface area contributed by atoms with Gasteiger partial charge in [-0.05, 0) is 30.7 Å². The molecule has 0 aliphatic heterocycles. The molecule has 0 aliphatic carbocycles. The van der Waals surface area contributed by atoms with Crippen LogP contribution in [0.4, 0.5) is 0 Å². The van der Waals surface area contributed by atoms with E-state index in [1.54, 1.807) is 0 Å². The zero-order chi connectivity index (χ0) is 12.6. The molecule has 19 heavy (non-hydrogen) atoms. The van der Waals surface area contributed by atoms with Gasteiger partial charge in [0.05, 0.1) is 0 Å². The summed E-state index contributed by atoms with van der Waals surface area (Å²) in [5.41, 5.74) is 2.76. The fourth-order valence-electron chi connectivity index (χ4n) is 1.17. The predicted molar refractivity (Wildman–Crippen MR) is 90.0 cm³/mol. The third kappa shape index (κ3) is 15.0. The summed E-state index contributed by atoms with van der Waals surface area (Å²) < 4.78 is 0. The van der Waals surface area contributed by atoms with Crippen LogP contribution in [0.5, 0.6) is 0 Å². The van der Waals surface area contributed by atoms with E-state index in [0.717, 1.165) is 12.3 Å². The Kier molecular flexibility index (Phi) is 24.9. The van der Waals surface area contributed by atoms with Gasteiger partial charge < -0.3 is 4.89 Å². The van der Waals surface area contributed by atoms with Gasteiger partial charge in [0.2, 0.25) is 0 Å². The van der Waals surface area contributed by atoms with Crippen LogP contribution in [0.1, 0.15) is 44.7 Å². The van der Waals surface area contributed by atoms with E-state index < -0.39 is 8.15 Å². The standard InChI is InChI=1S/C10H14.C4H11OP.2ClH.Ru/c1-8(2)10-6-4-9(3)5-7-10;1-3-6(5)4-2;;;/h4-8H,1-3H3;5H,3-4H2,1-2H3;2*1H;. The Balaban J connectivity index is -0.000000112. The van der Waals surface area contributed by atoms with Crippen molar-refractivity contribution in [3.05, 3.63) is 35.4 Å². The molecule has 0 unspecified atom stereocenters. The quantitative estimate of drug-likeness (QED) is 0.521. The molecule has 0 bridgehead atoms. The minimum Gasteiger partial charge on any atom is -0.374 e.